The predicted molar refractivity (Wildman–Crippen MR) is 128 cm³/mol. The number of ether oxygens (including phenoxy) is 2. The van der Waals surface area contributed by atoms with E-state index in [1.807, 2.05) is 7.05 Å². The topological polar surface area (TPSA) is 107 Å². The highest BCUT2D eigenvalue weighted by molar-refractivity contribution is 5.72. The second-order valence-electron chi connectivity index (χ2n) is 8.86. The molecule has 1 aromatic carbocycles. The number of nitrogens with zero attached hydrogens (tertiary/aromatic N) is 6. The highest BCUT2D eigenvalue weighted by Crippen LogP contribution is 2.29. The van der Waals surface area contributed by atoms with Gasteiger partial charge in [0.15, 0.2) is 11.2 Å². The number of likely N-dealkylation sites (N-methyl/N-ethyl adjacent to an activating group) is 1. The van der Waals surface area contributed by atoms with Crippen molar-refractivity contribution in [2.24, 2.45) is 7.05 Å². The second-order valence-corrected chi connectivity index (χ2v) is 8.86. The van der Waals surface area contributed by atoms with Gasteiger partial charge in [0.2, 0.25) is 0 Å². The molecule has 1 fully saturated rings. The molecule has 0 bridgehead atoms. The van der Waals surface area contributed by atoms with E-state index in [-0.39, 0.29) is 42.5 Å². The summed E-state index contributed by atoms with van der Waals surface area (Å²) in [7, 11) is 3.51. The van der Waals surface area contributed by atoms with Crippen LogP contribution in [0, 0.1) is 0 Å². The maximum absolute atomic E-state index is 13.4. The molecule has 1 aliphatic rings. The van der Waals surface area contributed by atoms with Gasteiger partial charge in [-0.05, 0) is 25.6 Å². The summed E-state index contributed by atoms with van der Waals surface area (Å²) in [5.74, 6) is -0.452. The van der Waals surface area contributed by atoms with Crippen molar-refractivity contribution in [2.45, 2.75) is 25.9 Å². The van der Waals surface area contributed by atoms with Crippen LogP contribution in [-0.4, -0.2) is 86.3 Å². The van der Waals surface area contributed by atoms with E-state index in [4.69, 9.17) is 4.74 Å². The number of rotatable bonds is 9. The van der Waals surface area contributed by atoms with Crippen LogP contribution < -0.4 is 20.7 Å². The van der Waals surface area contributed by atoms with Crippen LogP contribution in [0.5, 0.6) is 17.5 Å². The summed E-state index contributed by atoms with van der Waals surface area (Å²) in [6.45, 7) is 4.12. The Bertz CT molecular complexity index is 1360. The molecule has 2 aromatic heterocycles. The van der Waals surface area contributed by atoms with Crippen LogP contribution in [0.1, 0.15) is 6.42 Å². The van der Waals surface area contributed by atoms with Gasteiger partial charge in [0.05, 0.1) is 0 Å². The first-order chi connectivity index (χ1) is 17.6. The van der Waals surface area contributed by atoms with Gasteiger partial charge in [-0.25, -0.2) is 4.79 Å². The first-order valence-corrected chi connectivity index (χ1v) is 11.8. The largest absolute Gasteiger partial charge is 0.573 e. The standard InChI is InChI=1S/C23H29F3N6O5/c1-28-8-10-30(11-9-28)12-13-31-18-19(29(2)22(35)32(20(18)34)7-4-14-33)27-21(31)36-16-5-3-6-17(15-16)37-23(24,25)26/h3,5-6,15,33H,4,7-14H2,1-2H3. The van der Waals surface area contributed by atoms with Gasteiger partial charge in [-0.1, -0.05) is 6.07 Å². The summed E-state index contributed by atoms with van der Waals surface area (Å²) < 4.78 is 51.7. The summed E-state index contributed by atoms with van der Waals surface area (Å²) in [6, 6.07) is 4.94. The fourth-order valence-electron chi connectivity index (χ4n) is 4.22. The lowest BCUT2D eigenvalue weighted by molar-refractivity contribution is -0.274. The van der Waals surface area contributed by atoms with E-state index in [1.165, 1.54) is 23.7 Å². The third kappa shape index (κ3) is 6.14. The molecule has 0 atom stereocenters. The first-order valence-electron chi connectivity index (χ1n) is 11.8. The molecule has 0 amide bonds. The number of aliphatic hydroxyl groups is 1. The zero-order valence-electron chi connectivity index (χ0n) is 20.6. The van der Waals surface area contributed by atoms with E-state index in [0.29, 0.717) is 13.1 Å². The van der Waals surface area contributed by atoms with E-state index in [1.54, 1.807) is 4.57 Å². The van der Waals surface area contributed by atoms with Crippen LogP contribution >= 0.6 is 0 Å². The van der Waals surface area contributed by atoms with Crippen molar-refractivity contribution in [2.75, 3.05) is 46.4 Å². The highest BCUT2D eigenvalue weighted by atomic mass is 19.4. The minimum atomic E-state index is -4.87. The normalized spacial score (nSPS) is 15.4. The van der Waals surface area contributed by atoms with Gasteiger partial charge >= 0.3 is 18.1 Å². The van der Waals surface area contributed by atoms with Gasteiger partial charge in [-0.2, -0.15) is 4.98 Å². The van der Waals surface area contributed by atoms with Crippen LogP contribution in [0.15, 0.2) is 33.9 Å². The summed E-state index contributed by atoms with van der Waals surface area (Å²) in [4.78, 5) is 35.0. The number of aliphatic hydroxyl groups excluding tert-OH is 1. The van der Waals surface area contributed by atoms with Crippen LogP contribution in [-0.2, 0) is 20.1 Å². The molecule has 0 aliphatic carbocycles. The summed E-state index contributed by atoms with van der Waals surface area (Å²) in [5, 5.41) is 9.20. The van der Waals surface area contributed by atoms with Gasteiger partial charge in [0.1, 0.15) is 11.5 Å². The van der Waals surface area contributed by atoms with E-state index < -0.39 is 23.4 Å². The third-order valence-electron chi connectivity index (χ3n) is 6.22. The van der Waals surface area contributed by atoms with Crippen molar-refractivity contribution < 1.29 is 27.8 Å². The third-order valence-corrected chi connectivity index (χ3v) is 6.22. The number of aromatic nitrogens is 4. The molecule has 14 heteroatoms. The van der Waals surface area contributed by atoms with E-state index in [9.17, 15) is 27.9 Å². The molecule has 0 saturated carbocycles. The van der Waals surface area contributed by atoms with Gasteiger partial charge in [-0.3, -0.25) is 23.4 Å². The molecule has 0 spiro atoms. The fourth-order valence-corrected chi connectivity index (χ4v) is 4.22. The molecule has 1 N–H and O–H groups in total. The van der Waals surface area contributed by atoms with Crippen molar-refractivity contribution >= 4 is 11.2 Å². The lowest BCUT2D eigenvalue weighted by atomic mass is 10.3. The molecule has 3 aromatic rings. The van der Waals surface area contributed by atoms with E-state index in [0.717, 1.165) is 42.9 Å². The Morgan fingerprint density at radius 2 is 1.70 bits per heavy atom. The molecule has 0 unspecified atom stereocenters. The lowest BCUT2D eigenvalue weighted by Crippen LogP contribution is -2.45. The Kier molecular flexibility index (Phi) is 7.90. The SMILES string of the molecule is CN1CCN(CCn2c(Oc3cccc(OC(F)(F)F)c3)nc3c2c(=O)n(CCCO)c(=O)n3C)CC1. The Morgan fingerprint density at radius 1 is 1.00 bits per heavy atom. The molecule has 37 heavy (non-hydrogen) atoms. The average molecular weight is 527 g/mol. The molecule has 3 heterocycles. The summed E-state index contributed by atoms with van der Waals surface area (Å²) >= 11 is 0. The number of alkyl halides is 3. The Hall–Kier alpha value is -3.36. The first kappa shape index (κ1) is 26.7. The Morgan fingerprint density at radius 3 is 2.38 bits per heavy atom. The number of fused-ring (bicyclic) bond motifs is 1. The van der Waals surface area contributed by atoms with Crippen molar-refractivity contribution in [3.8, 4) is 17.5 Å². The van der Waals surface area contributed by atoms with Gasteiger partial charge in [-0.15, -0.1) is 13.2 Å². The van der Waals surface area contributed by atoms with Crippen LogP contribution in [0.2, 0.25) is 0 Å². The quantitative estimate of drug-likeness (QED) is 0.444. The van der Waals surface area contributed by atoms with Crippen molar-refractivity contribution in [1.82, 2.24) is 28.5 Å². The molecule has 4 rings (SSSR count). The van der Waals surface area contributed by atoms with Crippen molar-refractivity contribution in [1.29, 1.82) is 0 Å². The molecule has 0 radical (unpaired) electrons. The fraction of sp³-hybridized carbons (Fsp3) is 0.522. The lowest BCUT2D eigenvalue weighted by Gasteiger charge is -2.32. The second kappa shape index (κ2) is 10.9. The molecular weight excluding hydrogens is 497 g/mol. The number of aryl methyl sites for hydroxylation is 1. The Balaban J connectivity index is 1.75. The van der Waals surface area contributed by atoms with Crippen molar-refractivity contribution in [3.05, 3.63) is 45.1 Å². The number of imidazole rings is 1. The summed E-state index contributed by atoms with van der Waals surface area (Å²) in [6.07, 6.45) is -4.66. The minimum Gasteiger partial charge on any atom is -0.425 e. The van der Waals surface area contributed by atoms with Gasteiger partial charge in [0.25, 0.3) is 5.56 Å². The molecule has 1 saturated heterocycles. The molecular formula is C23H29F3N6O5. The number of halogens is 3. The van der Waals surface area contributed by atoms with Crippen molar-refractivity contribution in [3.63, 3.8) is 0 Å². The van der Waals surface area contributed by atoms with Crippen LogP contribution in [0.3, 0.4) is 0 Å². The van der Waals surface area contributed by atoms with E-state index >= 15 is 0 Å². The highest BCUT2D eigenvalue weighted by Gasteiger charge is 2.31. The number of piperazine rings is 1. The monoisotopic (exact) mass is 526 g/mol. The minimum absolute atomic E-state index is 0.0171. The van der Waals surface area contributed by atoms with E-state index in [2.05, 4.69) is 19.5 Å². The molecule has 1 aliphatic heterocycles. The van der Waals surface area contributed by atoms with Crippen LogP contribution in [0.25, 0.3) is 11.2 Å². The Labute approximate surface area is 209 Å². The van der Waals surface area contributed by atoms with Crippen LogP contribution in [0.4, 0.5) is 13.2 Å². The summed E-state index contributed by atoms with van der Waals surface area (Å²) in [5.41, 5.74) is -0.957. The zero-order valence-corrected chi connectivity index (χ0v) is 20.6. The zero-order chi connectivity index (χ0) is 26.7. The number of hydrogen-bond donors (Lipinski definition) is 1. The van der Waals surface area contributed by atoms with Gasteiger partial charge in [0, 0.05) is 65.5 Å². The maximum atomic E-state index is 13.4. The maximum Gasteiger partial charge on any atom is 0.573 e. The smallest absolute Gasteiger partial charge is 0.425 e. The number of benzene rings is 1. The molecule has 11 nitrogen and oxygen atoms in total. The molecule has 202 valence electrons. The predicted octanol–water partition coefficient (Wildman–Crippen LogP) is 1.22. The average Bonchev–Trinajstić information content (AvgIpc) is 3.19. The number of hydrogen-bond acceptors (Lipinski definition) is 8. The van der Waals surface area contributed by atoms with Gasteiger partial charge < -0.3 is 19.5 Å².